The lowest BCUT2D eigenvalue weighted by molar-refractivity contribution is 0.102. The molecular formula is C23H28N2O3S. The van der Waals surface area contributed by atoms with Gasteiger partial charge in [0, 0.05) is 5.56 Å². The second-order valence-corrected chi connectivity index (χ2v) is 7.85. The van der Waals surface area contributed by atoms with Gasteiger partial charge < -0.3 is 9.47 Å². The number of unbranched alkanes of at least 4 members (excludes halogenated alkanes) is 4. The number of rotatable bonds is 11. The lowest BCUT2D eigenvalue weighted by atomic mass is 10.2. The molecule has 0 atom stereocenters. The number of aromatic nitrogens is 1. The van der Waals surface area contributed by atoms with Crippen molar-refractivity contribution in [1.29, 1.82) is 0 Å². The van der Waals surface area contributed by atoms with Crippen molar-refractivity contribution in [2.45, 2.75) is 46.0 Å². The van der Waals surface area contributed by atoms with E-state index in [2.05, 4.69) is 17.2 Å². The second-order valence-electron chi connectivity index (χ2n) is 6.82. The molecule has 3 aromatic rings. The molecule has 3 rings (SSSR count). The number of nitrogens with zero attached hydrogens (tertiary/aromatic N) is 1. The Balaban J connectivity index is 1.53. The van der Waals surface area contributed by atoms with Crippen molar-refractivity contribution in [2.75, 3.05) is 18.5 Å². The Morgan fingerprint density at radius 1 is 0.966 bits per heavy atom. The molecule has 0 fully saturated rings. The molecule has 0 aliphatic carbocycles. The third-order valence-corrected chi connectivity index (χ3v) is 5.46. The SMILES string of the molecule is CCCCCCCOc1ccc(C(=O)Nc2nc3ccc(OCC)cc3s2)cc1. The molecule has 0 unspecified atom stereocenters. The zero-order valence-corrected chi connectivity index (χ0v) is 17.9. The summed E-state index contributed by atoms with van der Waals surface area (Å²) in [4.78, 5) is 17.0. The smallest absolute Gasteiger partial charge is 0.257 e. The van der Waals surface area contributed by atoms with Crippen molar-refractivity contribution in [1.82, 2.24) is 4.98 Å². The Morgan fingerprint density at radius 3 is 2.48 bits per heavy atom. The molecule has 0 aliphatic rings. The first-order chi connectivity index (χ1) is 14.2. The van der Waals surface area contributed by atoms with Crippen LogP contribution in [0.2, 0.25) is 0 Å². The van der Waals surface area contributed by atoms with Gasteiger partial charge in [-0.05, 0) is 55.8 Å². The van der Waals surface area contributed by atoms with Gasteiger partial charge in [0.25, 0.3) is 5.91 Å². The van der Waals surface area contributed by atoms with E-state index in [1.54, 1.807) is 12.1 Å². The van der Waals surface area contributed by atoms with Crippen LogP contribution in [0.25, 0.3) is 10.2 Å². The Labute approximate surface area is 176 Å². The second kappa shape index (κ2) is 10.8. The Kier molecular flexibility index (Phi) is 7.87. The number of nitrogens with one attached hydrogen (secondary N) is 1. The average Bonchev–Trinajstić information content (AvgIpc) is 3.12. The molecule has 0 aliphatic heterocycles. The van der Waals surface area contributed by atoms with Crippen molar-refractivity contribution < 1.29 is 14.3 Å². The van der Waals surface area contributed by atoms with E-state index in [1.165, 1.54) is 37.0 Å². The van der Waals surface area contributed by atoms with Gasteiger partial charge in [-0.3, -0.25) is 10.1 Å². The van der Waals surface area contributed by atoms with Crippen molar-refractivity contribution >= 4 is 32.6 Å². The number of hydrogen-bond acceptors (Lipinski definition) is 5. The van der Waals surface area contributed by atoms with E-state index in [9.17, 15) is 4.79 Å². The molecule has 0 saturated heterocycles. The molecule has 1 amide bonds. The van der Waals surface area contributed by atoms with Crippen LogP contribution in [0.15, 0.2) is 42.5 Å². The van der Waals surface area contributed by atoms with E-state index in [0.717, 1.165) is 28.1 Å². The van der Waals surface area contributed by atoms with Crippen LogP contribution in [0.1, 0.15) is 56.3 Å². The molecule has 0 saturated carbocycles. The molecule has 2 aromatic carbocycles. The van der Waals surface area contributed by atoms with Gasteiger partial charge in [-0.1, -0.05) is 43.9 Å². The van der Waals surface area contributed by atoms with E-state index < -0.39 is 0 Å². The molecular weight excluding hydrogens is 384 g/mol. The maximum absolute atomic E-state index is 12.5. The molecule has 5 nitrogen and oxygen atoms in total. The number of carbonyl (C=O) groups is 1. The van der Waals surface area contributed by atoms with Crippen LogP contribution in [0.3, 0.4) is 0 Å². The predicted molar refractivity (Wildman–Crippen MR) is 119 cm³/mol. The maximum Gasteiger partial charge on any atom is 0.257 e. The largest absolute Gasteiger partial charge is 0.494 e. The average molecular weight is 413 g/mol. The highest BCUT2D eigenvalue weighted by Crippen LogP contribution is 2.29. The van der Waals surface area contributed by atoms with E-state index in [1.807, 2.05) is 37.3 Å². The number of fused-ring (bicyclic) bond motifs is 1. The summed E-state index contributed by atoms with van der Waals surface area (Å²) in [5.74, 6) is 1.42. The third kappa shape index (κ3) is 6.19. The van der Waals surface area contributed by atoms with E-state index >= 15 is 0 Å². The van der Waals surface area contributed by atoms with E-state index in [4.69, 9.17) is 9.47 Å². The topological polar surface area (TPSA) is 60.5 Å². The Hall–Kier alpha value is -2.60. The monoisotopic (exact) mass is 412 g/mol. The summed E-state index contributed by atoms with van der Waals surface area (Å²) in [6.07, 6.45) is 6.05. The number of ether oxygens (including phenoxy) is 2. The molecule has 0 spiro atoms. The summed E-state index contributed by atoms with van der Waals surface area (Å²) in [6, 6.07) is 13.0. The number of benzene rings is 2. The van der Waals surface area contributed by atoms with Crippen molar-refractivity contribution in [2.24, 2.45) is 0 Å². The fourth-order valence-corrected chi connectivity index (χ4v) is 3.87. The third-order valence-electron chi connectivity index (χ3n) is 4.52. The van der Waals surface area contributed by atoms with Gasteiger partial charge in [-0.2, -0.15) is 0 Å². The van der Waals surface area contributed by atoms with Crippen LogP contribution in [0.5, 0.6) is 11.5 Å². The van der Waals surface area contributed by atoms with Crippen LogP contribution in [-0.2, 0) is 0 Å². The van der Waals surface area contributed by atoms with E-state index in [0.29, 0.717) is 23.9 Å². The summed E-state index contributed by atoms with van der Waals surface area (Å²) >= 11 is 1.43. The highest BCUT2D eigenvalue weighted by molar-refractivity contribution is 7.22. The van der Waals surface area contributed by atoms with Gasteiger partial charge in [-0.25, -0.2) is 4.98 Å². The van der Waals surface area contributed by atoms with Gasteiger partial charge in [-0.15, -0.1) is 0 Å². The van der Waals surface area contributed by atoms with Crippen LogP contribution in [0, 0.1) is 0 Å². The standard InChI is InChI=1S/C23H28N2O3S/c1-3-5-6-7-8-15-28-18-11-9-17(10-12-18)22(26)25-23-24-20-14-13-19(27-4-2)16-21(20)29-23/h9-14,16H,3-8,15H2,1-2H3,(H,24,25,26). The molecule has 0 bridgehead atoms. The van der Waals surface area contributed by atoms with Gasteiger partial charge in [0.1, 0.15) is 11.5 Å². The zero-order valence-electron chi connectivity index (χ0n) is 17.1. The lowest BCUT2D eigenvalue weighted by Gasteiger charge is -2.07. The molecule has 1 N–H and O–H groups in total. The molecule has 0 radical (unpaired) electrons. The normalized spacial score (nSPS) is 10.8. The summed E-state index contributed by atoms with van der Waals surface area (Å²) < 4.78 is 12.3. The fraction of sp³-hybridized carbons (Fsp3) is 0.391. The lowest BCUT2D eigenvalue weighted by Crippen LogP contribution is -2.11. The molecule has 154 valence electrons. The van der Waals surface area contributed by atoms with Crippen LogP contribution < -0.4 is 14.8 Å². The fourth-order valence-electron chi connectivity index (χ4n) is 2.98. The molecule has 29 heavy (non-hydrogen) atoms. The highest BCUT2D eigenvalue weighted by atomic mass is 32.1. The number of amides is 1. The predicted octanol–water partition coefficient (Wildman–Crippen LogP) is 6.30. The first-order valence-electron chi connectivity index (χ1n) is 10.3. The van der Waals surface area contributed by atoms with Gasteiger partial charge >= 0.3 is 0 Å². The minimum Gasteiger partial charge on any atom is -0.494 e. The Bertz CT molecular complexity index is 922. The summed E-state index contributed by atoms with van der Waals surface area (Å²) in [6.45, 7) is 5.49. The number of carbonyl (C=O) groups excluding carboxylic acids is 1. The summed E-state index contributed by atoms with van der Waals surface area (Å²) in [5.41, 5.74) is 1.42. The number of hydrogen-bond donors (Lipinski definition) is 1. The van der Waals surface area contributed by atoms with Gasteiger partial charge in [0.15, 0.2) is 5.13 Å². The minimum absolute atomic E-state index is 0.180. The number of anilines is 1. The quantitative estimate of drug-likeness (QED) is 0.376. The number of thiazole rings is 1. The van der Waals surface area contributed by atoms with Crippen molar-refractivity contribution in [3.8, 4) is 11.5 Å². The first-order valence-corrected chi connectivity index (χ1v) is 11.1. The van der Waals surface area contributed by atoms with Crippen LogP contribution >= 0.6 is 11.3 Å². The van der Waals surface area contributed by atoms with Crippen LogP contribution in [-0.4, -0.2) is 24.1 Å². The highest BCUT2D eigenvalue weighted by Gasteiger charge is 2.11. The van der Waals surface area contributed by atoms with Crippen molar-refractivity contribution in [3.05, 3.63) is 48.0 Å². The Morgan fingerprint density at radius 2 is 1.72 bits per heavy atom. The van der Waals surface area contributed by atoms with E-state index in [-0.39, 0.29) is 5.91 Å². The molecule has 6 heteroatoms. The maximum atomic E-state index is 12.5. The van der Waals surface area contributed by atoms with Gasteiger partial charge in [0.05, 0.1) is 23.4 Å². The van der Waals surface area contributed by atoms with Gasteiger partial charge in [0.2, 0.25) is 0 Å². The zero-order chi connectivity index (χ0) is 20.5. The summed E-state index contributed by atoms with van der Waals surface area (Å²) in [5, 5.41) is 3.45. The van der Waals surface area contributed by atoms with Crippen LogP contribution in [0.4, 0.5) is 5.13 Å². The van der Waals surface area contributed by atoms with Crippen molar-refractivity contribution in [3.63, 3.8) is 0 Å². The summed E-state index contributed by atoms with van der Waals surface area (Å²) in [7, 11) is 0. The molecule has 1 aromatic heterocycles. The minimum atomic E-state index is -0.180. The first kappa shape index (κ1) is 21.1. The molecule has 1 heterocycles.